The summed E-state index contributed by atoms with van der Waals surface area (Å²) in [5, 5.41) is 19.1. The summed E-state index contributed by atoms with van der Waals surface area (Å²) >= 11 is 0. The maximum atomic E-state index is 14.6. The van der Waals surface area contributed by atoms with Gasteiger partial charge in [-0.2, -0.15) is 4.39 Å². The number of hydrogen-bond acceptors (Lipinski definition) is 4. The molecule has 0 amide bonds. The molecule has 3 aliphatic rings. The van der Waals surface area contributed by atoms with Crippen LogP contribution < -0.4 is 0 Å². The Hall–Kier alpha value is -1.50. The minimum absolute atomic E-state index is 0.0299. The smallest absolute Gasteiger partial charge is 0.211 e. The van der Waals surface area contributed by atoms with Crippen molar-refractivity contribution in [1.82, 2.24) is 0 Å². The fraction of sp³-hybridized carbons (Fsp3) is 0.643. The second-order valence-corrected chi connectivity index (χ2v) is 14.2. The van der Waals surface area contributed by atoms with E-state index in [9.17, 15) is 23.0 Å². The zero-order valence-electron chi connectivity index (χ0n) is 21.3. The van der Waals surface area contributed by atoms with Crippen LogP contribution in [0.5, 0.6) is 0 Å². The zero-order chi connectivity index (χ0) is 25.5. The Morgan fingerprint density at radius 3 is 2.65 bits per heavy atom. The molecule has 34 heavy (non-hydrogen) atoms. The predicted molar refractivity (Wildman–Crippen MR) is 136 cm³/mol. The van der Waals surface area contributed by atoms with Crippen LogP contribution in [0.25, 0.3) is 0 Å². The third-order valence-corrected chi connectivity index (χ3v) is 10.4. The van der Waals surface area contributed by atoms with Crippen LogP contribution in [-0.2, 0) is 9.84 Å². The SMILES string of the molecule is C=C1/C(=C\C=C2/CCC[C@]3(C)C([C@H](C)C/C=C(/F)S(=O)(=O)C(C)(C)C)=CC[C@@H]23)C[C@H](O)C[C@H]1O. The van der Waals surface area contributed by atoms with E-state index >= 15 is 0 Å². The van der Waals surface area contributed by atoms with Crippen LogP contribution in [0.4, 0.5) is 4.39 Å². The minimum atomic E-state index is -3.96. The molecule has 2 fully saturated rings. The highest BCUT2D eigenvalue weighted by atomic mass is 32.2. The van der Waals surface area contributed by atoms with Gasteiger partial charge < -0.3 is 10.2 Å². The zero-order valence-corrected chi connectivity index (χ0v) is 22.1. The first-order valence-corrected chi connectivity index (χ1v) is 13.9. The van der Waals surface area contributed by atoms with Crippen LogP contribution in [0.3, 0.4) is 0 Å². The van der Waals surface area contributed by atoms with E-state index in [2.05, 4.69) is 32.6 Å². The number of fused-ring (bicyclic) bond motifs is 1. The fourth-order valence-electron chi connectivity index (χ4n) is 5.88. The van der Waals surface area contributed by atoms with Crippen molar-refractivity contribution in [1.29, 1.82) is 0 Å². The molecule has 0 aromatic heterocycles. The van der Waals surface area contributed by atoms with Gasteiger partial charge in [-0.05, 0) is 93.8 Å². The number of aliphatic hydroxyl groups is 2. The summed E-state index contributed by atoms with van der Waals surface area (Å²) in [5.41, 5.74) is 4.22. The molecule has 0 aromatic rings. The van der Waals surface area contributed by atoms with E-state index in [1.165, 1.54) is 38.0 Å². The molecule has 0 bridgehead atoms. The van der Waals surface area contributed by atoms with E-state index in [0.717, 1.165) is 31.3 Å². The van der Waals surface area contributed by atoms with Crippen LogP contribution in [0.2, 0.25) is 0 Å². The van der Waals surface area contributed by atoms with Gasteiger partial charge in [0.15, 0.2) is 0 Å². The Balaban J connectivity index is 1.77. The predicted octanol–water partition coefficient (Wildman–Crippen LogP) is 6.10. The second kappa shape index (κ2) is 9.87. The van der Waals surface area contributed by atoms with Gasteiger partial charge in [0.1, 0.15) is 0 Å². The van der Waals surface area contributed by atoms with E-state index in [0.29, 0.717) is 30.8 Å². The van der Waals surface area contributed by atoms with Gasteiger partial charge in [0.05, 0.1) is 17.0 Å². The van der Waals surface area contributed by atoms with Crippen LogP contribution >= 0.6 is 0 Å². The molecular weight excluding hydrogens is 451 g/mol. The molecule has 0 heterocycles. The largest absolute Gasteiger partial charge is 0.393 e. The summed E-state index contributed by atoms with van der Waals surface area (Å²) in [6, 6.07) is 0. The van der Waals surface area contributed by atoms with Crippen molar-refractivity contribution in [2.45, 2.75) is 96.5 Å². The highest BCUT2D eigenvalue weighted by molar-refractivity contribution is 7.96. The van der Waals surface area contributed by atoms with Gasteiger partial charge >= 0.3 is 0 Å². The summed E-state index contributed by atoms with van der Waals surface area (Å²) in [5.74, 6) is 0.409. The molecule has 0 unspecified atom stereocenters. The van der Waals surface area contributed by atoms with Crippen molar-refractivity contribution >= 4 is 9.84 Å². The summed E-state index contributed by atoms with van der Waals surface area (Å²) in [7, 11) is -3.96. The highest BCUT2D eigenvalue weighted by Crippen LogP contribution is 2.57. The first-order chi connectivity index (χ1) is 15.7. The molecule has 0 aromatic carbocycles. The molecule has 0 spiro atoms. The molecular formula is C28H41FO4S. The summed E-state index contributed by atoms with van der Waals surface area (Å²) < 4.78 is 38.2. The van der Waals surface area contributed by atoms with Crippen LogP contribution in [0, 0.1) is 17.3 Å². The molecule has 3 rings (SSSR count). The number of rotatable bonds is 5. The maximum absolute atomic E-state index is 14.6. The Labute approximate surface area is 205 Å². The average molecular weight is 493 g/mol. The van der Waals surface area contributed by atoms with E-state index in [1.807, 2.05) is 6.08 Å². The minimum Gasteiger partial charge on any atom is -0.393 e. The Morgan fingerprint density at radius 1 is 1.32 bits per heavy atom. The van der Waals surface area contributed by atoms with Gasteiger partial charge in [-0.15, -0.1) is 0 Å². The molecule has 6 heteroatoms. The Morgan fingerprint density at radius 2 is 2.00 bits per heavy atom. The molecule has 2 N–H and O–H groups in total. The van der Waals surface area contributed by atoms with Gasteiger partial charge in [-0.25, -0.2) is 8.42 Å². The lowest BCUT2D eigenvalue weighted by atomic mass is 9.62. The summed E-state index contributed by atoms with van der Waals surface area (Å²) in [6.07, 6.45) is 11.7. The van der Waals surface area contributed by atoms with Crippen LogP contribution in [0.1, 0.15) is 79.6 Å². The van der Waals surface area contributed by atoms with Crippen LogP contribution in [0.15, 0.2) is 58.3 Å². The molecule has 2 saturated carbocycles. The van der Waals surface area contributed by atoms with Crippen molar-refractivity contribution in [3.8, 4) is 0 Å². The third kappa shape index (κ3) is 5.19. The molecule has 0 radical (unpaired) electrons. The van der Waals surface area contributed by atoms with Gasteiger partial charge in [0, 0.05) is 6.42 Å². The highest BCUT2D eigenvalue weighted by Gasteiger charge is 2.46. The fourth-order valence-corrected chi connectivity index (χ4v) is 6.78. The first kappa shape index (κ1) is 27.1. The van der Waals surface area contributed by atoms with Crippen molar-refractivity contribution in [2.24, 2.45) is 17.3 Å². The van der Waals surface area contributed by atoms with E-state index in [-0.39, 0.29) is 11.3 Å². The monoisotopic (exact) mass is 492 g/mol. The number of aliphatic hydroxyl groups excluding tert-OH is 2. The second-order valence-electron chi connectivity index (χ2n) is 11.5. The van der Waals surface area contributed by atoms with Crippen molar-refractivity contribution in [3.05, 3.63) is 58.3 Å². The molecule has 4 nitrogen and oxygen atoms in total. The third-order valence-electron chi connectivity index (χ3n) is 8.10. The van der Waals surface area contributed by atoms with E-state index in [4.69, 9.17) is 0 Å². The van der Waals surface area contributed by atoms with Crippen LogP contribution in [-0.4, -0.2) is 35.6 Å². The Kier molecular flexibility index (Phi) is 7.86. The molecule has 3 aliphatic carbocycles. The first-order valence-electron chi connectivity index (χ1n) is 12.4. The van der Waals surface area contributed by atoms with Gasteiger partial charge in [-0.3, -0.25) is 0 Å². The summed E-state index contributed by atoms with van der Waals surface area (Å²) in [4.78, 5) is 0. The lowest BCUT2D eigenvalue weighted by Gasteiger charge is -2.42. The molecule has 5 atom stereocenters. The topological polar surface area (TPSA) is 74.6 Å². The Bertz CT molecular complexity index is 1040. The average Bonchev–Trinajstić information content (AvgIpc) is 3.09. The molecule has 0 aliphatic heterocycles. The number of sulfone groups is 1. The standard InChI is InChI=1S/C28H41FO4S/c1-18(9-14-26(29)34(32,33)27(3,4)5)23-12-13-24-20(8-7-15-28(23,24)6)10-11-21-16-22(30)17-25(31)19(21)2/h10-12,14,18,22,24-25,30-31H,2,7-9,13,15-17H2,1,3-6H3/b20-10+,21-11-,26-14-/t18-,22+,24+,25-,28-/m1/s1. The number of hydrogen-bond donors (Lipinski definition) is 2. The maximum Gasteiger partial charge on any atom is 0.211 e. The van der Waals surface area contributed by atoms with Gasteiger partial charge in [-0.1, -0.05) is 49.8 Å². The molecule has 190 valence electrons. The van der Waals surface area contributed by atoms with Crippen molar-refractivity contribution < 1.29 is 23.0 Å². The number of halogens is 1. The molecule has 0 saturated heterocycles. The normalized spacial score (nSPS) is 34.4. The van der Waals surface area contributed by atoms with Crippen molar-refractivity contribution in [2.75, 3.05) is 0 Å². The van der Waals surface area contributed by atoms with Gasteiger partial charge in [0.25, 0.3) is 0 Å². The van der Waals surface area contributed by atoms with E-state index in [1.54, 1.807) is 0 Å². The quantitative estimate of drug-likeness (QED) is 0.455. The summed E-state index contributed by atoms with van der Waals surface area (Å²) in [6.45, 7) is 12.9. The van der Waals surface area contributed by atoms with E-state index < -0.39 is 32.0 Å². The lowest BCUT2D eigenvalue weighted by molar-refractivity contribution is 0.0862. The van der Waals surface area contributed by atoms with Crippen molar-refractivity contribution in [3.63, 3.8) is 0 Å². The lowest BCUT2D eigenvalue weighted by Crippen LogP contribution is -2.32. The number of allylic oxidation sites excluding steroid dienone is 6. The van der Waals surface area contributed by atoms with Gasteiger partial charge in [0.2, 0.25) is 15.0 Å².